The molecule has 0 radical (unpaired) electrons. The largest absolute Gasteiger partial charge is 0.335 e. The fraction of sp³-hybridized carbons (Fsp3) is 0.667. The van der Waals surface area contributed by atoms with E-state index in [4.69, 9.17) is 11.6 Å². The van der Waals surface area contributed by atoms with Crippen LogP contribution in [0.15, 0.2) is 10.9 Å². The van der Waals surface area contributed by atoms with E-state index in [-0.39, 0.29) is 6.04 Å². The number of rotatable bonds is 3. The van der Waals surface area contributed by atoms with Gasteiger partial charge in [-0.3, -0.25) is 0 Å². The van der Waals surface area contributed by atoms with E-state index in [0.29, 0.717) is 0 Å². The third-order valence-electron chi connectivity index (χ3n) is 2.46. The zero-order valence-electron chi connectivity index (χ0n) is 8.83. The molecule has 0 aliphatic heterocycles. The molecule has 0 aromatic carbocycles. The first kappa shape index (κ1) is 13.3. The van der Waals surface area contributed by atoms with Gasteiger partial charge in [0.1, 0.15) is 4.36 Å². The van der Waals surface area contributed by atoms with E-state index in [9.17, 15) is 13.2 Å². The second-order valence-electron chi connectivity index (χ2n) is 3.77. The van der Waals surface area contributed by atoms with Crippen molar-refractivity contribution in [1.82, 2.24) is 10.0 Å². The first-order valence-electron chi connectivity index (χ1n) is 5.09. The number of hydrogen-bond donors (Lipinski definition) is 2. The average molecular weight is 267 g/mol. The maximum absolute atomic E-state index is 11.3. The number of urea groups is 1. The Morgan fingerprint density at radius 2 is 1.81 bits per heavy atom. The van der Waals surface area contributed by atoms with E-state index in [2.05, 4.69) is 11.9 Å². The SMILES string of the molecule is C=C(Cl)S(=O)(=O)NC(=O)NC1CCCCC1. The Kier molecular flexibility index (Phi) is 4.61. The lowest BCUT2D eigenvalue weighted by Crippen LogP contribution is -2.44. The lowest BCUT2D eigenvalue weighted by atomic mass is 9.96. The molecule has 1 aliphatic rings. The standard InChI is InChI=1S/C9H15ClN2O3S/c1-7(10)16(14,15)12-9(13)11-8-5-3-2-4-6-8/h8H,1-6H2,(H2,11,12,13). The summed E-state index contributed by atoms with van der Waals surface area (Å²) >= 11 is 5.23. The quantitative estimate of drug-likeness (QED) is 0.816. The first-order valence-corrected chi connectivity index (χ1v) is 6.95. The highest BCUT2D eigenvalue weighted by atomic mass is 35.5. The van der Waals surface area contributed by atoms with Crippen LogP contribution in [0.4, 0.5) is 4.79 Å². The molecule has 7 heteroatoms. The van der Waals surface area contributed by atoms with Crippen LogP contribution in [0.2, 0.25) is 0 Å². The fourth-order valence-corrected chi connectivity index (χ4v) is 2.17. The van der Waals surface area contributed by atoms with Gasteiger partial charge in [0, 0.05) is 6.04 Å². The van der Waals surface area contributed by atoms with Crippen LogP contribution in [0, 0.1) is 0 Å². The number of carbonyl (C=O) groups is 1. The highest BCUT2D eigenvalue weighted by Gasteiger charge is 2.20. The fourth-order valence-electron chi connectivity index (χ4n) is 1.64. The summed E-state index contributed by atoms with van der Waals surface area (Å²) in [6.07, 6.45) is 5.04. The molecule has 92 valence electrons. The third kappa shape index (κ3) is 4.02. The van der Waals surface area contributed by atoms with Crippen LogP contribution in [0.25, 0.3) is 0 Å². The molecular formula is C9H15ClN2O3S. The summed E-state index contributed by atoms with van der Waals surface area (Å²) in [6.45, 7) is 3.06. The second kappa shape index (κ2) is 5.54. The van der Waals surface area contributed by atoms with Crippen molar-refractivity contribution in [1.29, 1.82) is 0 Å². The van der Waals surface area contributed by atoms with E-state index in [1.807, 2.05) is 0 Å². The molecule has 0 aromatic rings. The van der Waals surface area contributed by atoms with Gasteiger partial charge in [0.05, 0.1) is 0 Å². The number of halogens is 1. The van der Waals surface area contributed by atoms with E-state index in [1.54, 1.807) is 4.72 Å². The normalized spacial score (nSPS) is 17.8. The molecule has 1 aliphatic carbocycles. The van der Waals surface area contributed by atoms with Crippen LogP contribution in [-0.4, -0.2) is 20.5 Å². The van der Waals surface area contributed by atoms with Crippen molar-refractivity contribution < 1.29 is 13.2 Å². The molecule has 1 saturated carbocycles. The minimum atomic E-state index is -3.94. The summed E-state index contributed by atoms with van der Waals surface area (Å²) in [5.41, 5.74) is 0. The summed E-state index contributed by atoms with van der Waals surface area (Å²) in [5, 5.41) is 2.60. The monoisotopic (exact) mass is 266 g/mol. The van der Waals surface area contributed by atoms with Crippen LogP contribution in [-0.2, 0) is 10.0 Å². The van der Waals surface area contributed by atoms with Gasteiger partial charge >= 0.3 is 6.03 Å². The molecule has 1 fully saturated rings. The Balaban J connectivity index is 2.44. The van der Waals surface area contributed by atoms with E-state index in [0.717, 1.165) is 32.1 Å². The van der Waals surface area contributed by atoms with E-state index in [1.165, 1.54) is 0 Å². The molecule has 16 heavy (non-hydrogen) atoms. The lowest BCUT2D eigenvalue weighted by Gasteiger charge is -2.22. The number of amides is 2. The van der Waals surface area contributed by atoms with Gasteiger partial charge < -0.3 is 5.32 Å². The molecule has 0 spiro atoms. The van der Waals surface area contributed by atoms with Crippen molar-refractivity contribution in [2.45, 2.75) is 38.1 Å². The molecule has 0 bridgehead atoms. The van der Waals surface area contributed by atoms with Crippen molar-refractivity contribution in [3.63, 3.8) is 0 Å². The highest BCUT2D eigenvalue weighted by molar-refractivity contribution is 7.95. The van der Waals surface area contributed by atoms with Crippen LogP contribution >= 0.6 is 11.6 Å². The van der Waals surface area contributed by atoms with Gasteiger partial charge in [0.2, 0.25) is 0 Å². The number of nitrogens with one attached hydrogen (secondary N) is 2. The number of sulfonamides is 1. The number of carbonyl (C=O) groups excluding carboxylic acids is 1. The molecule has 2 N–H and O–H groups in total. The van der Waals surface area contributed by atoms with Gasteiger partial charge in [-0.15, -0.1) is 0 Å². The smallest absolute Gasteiger partial charge is 0.328 e. The Bertz CT molecular complexity index is 374. The summed E-state index contributed by atoms with van der Waals surface area (Å²) in [5.74, 6) is 0. The maximum atomic E-state index is 11.3. The van der Waals surface area contributed by atoms with Crippen molar-refractivity contribution >= 4 is 27.7 Å². The zero-order chi connectivity index (χ0) is 12.2. The Morgan fingerprint density at radius 1 is 1.25 bits per heavy atom. The van der Waals surface area contributed by atoms with Crippen molar-refractivity contribution in [3.8, 4) is 0 Å². The predicted octanol–water partition coefficient (Wildman–Crippen LogP) is 1.66. The molecule has 0 aromatic heterocycles. The zero-order valence-corrected chi connectivity index (χ0v) is 10.4. The summed E-state index contributed by atoms with van der Waals surface area (Å²) in [4.78, 5) is 11.3. The van der Waals surface area contributed by atoms with Crippen molar-refractivity contribution in [2.75, 3.05) is 0 Å². The summed E-state index contributed by atoms with van der Waals surface area (Å²) in [6, 6.07) is -0.693. The highest BCUT2D eigenvalue weighted by Crippen LogP contribution is 2.17. The molecular weight excluding hydrogens is 252 g/mol. The Labute approximate surface area is 100 Å². The summed E-state index contributed by atoms with van der Waals surface area (Å²) in [7, 11) is -3.94. The molecule has 5 nitrogen and oxygen atoms in total. The summed E-state index contributed by atoms with van der Waals surface area (Å²) < 4.78 is 23.6. The van der Waals surface area contributed by atoms with Gasteiger partial charge in [0.25, 0.3) is 10.0 Å². The van der Waals surface area contributed by atoms with Crippen LogP contribution < -0.4 is 10.0 Å². The number of hydrogen-bond acceptors (Lipinski definition) is 3. The molecule has 0 saturated heterocycles. The topological polar surface area (TPSA) is 75.3 Å². The van der Waals surface area contributed by atoms with E-state index < -0.39 is 20.4 Å². The Hall–Kier alpha value is -0.750. The molecule has 0 atom stereocenters. The minimum absolute atomic E-state index is 0.0486. The maximum Gasteiger partial charge on any atom is 0.328 e. The van der Waals surface area contributed by atoms with Crippen LogP contribution in [0.3, 0.4) is 0 Å². The average Bonchev–Trinajstić information content (AvgIpc) is 2.17. The second-order valence-corrected chi connectivity index (χ2v) is 6.15. The first-order chi connectivity index (χ1) is 7.42. The lowest BCUT2D eigenvalue weighted by molar-refractivity contribution is 0.238. The minimum Gasteiger partial charge on any atom is -0.335 e. The van der Waals surface area contributed by atoms with Gasteiger partial charge in [-0.05, 0) is 12.8 Å². The Morgan fingerprint density at radius 3 is 2.31 bits per heavy atom. The molecule has 0 unspecified atom stereocenters. The van der Waals surface area contributed by atoms with Crippen LogP contribution in [0.5, 0.6) is 0 Å². The van der Waals surface area contributed by atoms with E-state index >= 15 is 0 Å². The van der Waals surface area contributed by atoms with Gasteiger partial charge in [-0.1, -0.05) is 37.4 Å². The van der Waals surface area contributed by atoms with Gasteiger partial charge in [-0.2, -0.15) is 0 Å². The van der Waals surface area contributed by atoms with Crippen molar-refractivity contribution in [2.24, 2.45) is 0 Å². The van der Waals surface area contributed by atoms with Crippen molar-refractivity contribution in [3.05, 3.63) is 10.9 Å². The van der Waals surface area contributed by atoms with Crippen LogP contribution in [0.1, 0.15) is 32.1 Å². The predicted molar refractivity (Wildman–Crippen MR) is 62.5 cm³/mol. The molecule has 0 heterocycles. The van der Waals surface area contributed by atoms with Gasteiger partial charge in [-0.25, -0.2) is 17.9 Å². The molecule has 1 rings (SSSR count). The van der Waals surface area contributed by atoms with Gasteiger partial charge in [0.15, 0.2) is 0 Å². The molecule has 2 amide bonds. The third-order valence-corrected chi connectivity index (χ3v) is 4.11.